The Morgan fingerprint density at radius 3 is 2.76 bits per heavy atom. The molecule has 0 spiro atoms. The van der Waals surface area contributed by atoms with Crippen LogP contribution in [0.25, 0.3) is 6.08 Å². The molecule has 3 heterocycles. The van der Waals surface area contributed by atoms with Crippen LogP contribution in [0.1, 0.15) is 59.0 Å². The maximum atomic E-state index is 12.5. The zero-order valence-corrected chi connectivity index (χ0v) is 18.8. The smallest absolute Gasteiger partial charge is 0.273 e. The van der Waals surface area contributed by atoms with Crippen LogP contribution in [0.15, 0.2) is 59.3 Å². The van der Waals surface area contributed by atoms with Crippen molar-refractivity contribution in [3.63, 3.8) is 0 Å². The fraction of sp³-hybridized carbons (Fsp3) is 0.308. The molecule has 2 aliphatic rings. The molecule has 7 nitrogen and oxygen atoms in total. The molecule has 7 heteroatoms. The summed E-state index contributed by atoms with van der Waals surface area (Å²) in [6.45, 7) is 3.98. The van der Waals surface area contributed by atoms with Crippen molar-refractivity contribution in [2.45, 2.75) is 45.1 Å². The van der Waals surface area contributed by atoms with Gasteiger partial charge < -0.3 is 10.3 Å². The molecule has 1 saturated carbocycles. The summed E-state index contributed by atoms with van der Waals surface area (Å²) in [5, 5.41) is 15.8. The maximum absolute atomic E-state index is 12.5. The van der Waals surface area contributed by atoms with E-state index in [1.165, 1.54) is 35.2 Å². The number of hydrogen-bond acceptors (Lipinski definition) is 5. The average Bonchev–Trinajstić information content (AvgIpc) is 3.55. The molecule has 2 aromatic heterocycles. The lowest BCUT2D eigenvalue weighted by Crippen LogP contribution is -2.15. The van der Waals surface area contributed by atoms with Gasteiger partial charge in [-0.2, -0.15) is 10.2 Å². The first kappa shape index (κ1) is 21.3. The molecule has 0 saturated heterocycles. The largest absolute Gasteiger partial charge is 0.359 e. The first-order chi connectivity index (χ1) is 16.2. The van der Waals surface area contributed by atoms with Crippen molar-refractivity contribution < 1.29 is 4.79 Å². The van der Waals surface area contributed by atoms with Crippen molar-refractivity contribution >= 4 is 17.7 Å². The van der Waals surface area contributed by atoms with Gasteiger partial charge in [-0.05, 0) is 80.0 Å². The summed E-state index contributed by atoms with van der Waals surface area (Å²) in [4.78, 5) is 16.1. The minimum absolute atomic E-state index is 0.212. The van der Waals surface area contributed by atoms with E-state index in [0.29, 0.717) is 22.9 Å². The number of aryl methyl sites for hydroxylation is 1. The second kappa shape index (κ2) is 9.50. The fourth-order valence-electron chi connectivity index (χ4n) is 4.44. The van der Waals surface area contributed by atoms with E-state index in [4.69, 9.17) is 0 Å². The summed E-state index contributed by atoms with van der Waals surface area (Å²) in [6.07, 6.45) is 8.02. The Bertz CT molecular complexity index is 1190. The molecule has 3 aromatic rings. The number of carbonyl (C=O) groups excluding carboxylic acids is 1. The van der Waals surface area contributed by atoms with Crippen LogP contribution in [-0.2, 0) is 17.8 Å². The molecule has 1 aliphatic heterocycles. The Morgan fingerprint density at radius 2 is 2.00 bits per heavy atom. The third kappa shape index (κ3) is 4.78. The summed E-state index contributed by atoms with van der Waals surface area (Å²) in [7, 11) is 0. The standard InChI is InChI=1S/C26H28N6O/c1-17-20(9-5-13-27-16-18-7-3-2-4-8-18)24(19-11-12-19)23(29-17)15-21-25(31-32-26(21)33)22-10-6-14-28-30-22/h2-4,6-8,10,14-15,19,27,29H,5,9,11-13,16H2,1H3,(H,32,33). The lowest BCUT2D eigenvalue weighted by Gasteiger charge is -2.08. The molecule has 1 aromatic carbocycles. The number of rotatable bonds is 9. The van der Waals surface area contributed by atoms with Gasteiger partial charge in [-0.3, -0.25) is 4.79 Å². The lowest BCUT2D eigenvalue weighted by atomic mass is 9.98. The van der Waals surface area contributed by atoms with Crippen LogP contribution >= 0.6 is 0 Å². The fourth-order valence-corrected chi connectivity index (χ4v) is 4.44. The van der Waals surface area contributed by atoms with Crippen molar-refractivity contribution in [2.24, 2.45) is 5.10 Å². The summed E-state index contributed by atoms with van der Waals surface area (Å²) < 4.78 is 0. The number of amides is 1. The lowest BCUT2D eigenvalue weighted by molar-refractivity contribution is -0.116. The van der Waals surface area contributed by atoms with Crippen LogP contribution in [0.4, 0.5) is 0 Å². The maximum Gasteiger partial charge on any atom is 0.273 e. The summed E-state index contributed by atoms with van der Waals surface area (Å²) >= 11 is 0. The van der Waals surface area contributed by atoms with Gasteiger partial charge in [0.05, 0.1) is 5.57 Å². The molecule has 0 radical (unpaired) electrons. The minimum atomic E-state index is -0.212. The van der Waals surface area contributed by atoms with Crippen molar-refractivity contribution in [1.29, 1.82) is 0 Å². The van der Waals surface area contributed by atoms with Gasteiger partial charge in [0.25, 0.3) is 5.91 Å². The molecule has 0 atom stereocenters. The van der Waals surface area contributed by atoms with Crippen LogP contribution in [0, 0.1) is 6.92 Å². The van der Waals surface area contributed by atoms with E-state index in [-0.39, 0.29) is 5.91 Å². The zero-order chi connectivity index (χ0) is 22.6. The highest BCUT2D eigenvalue weighted by Gasteiger charge is 2.32. The number of carbonyl (C=O) groups is 1. The Hall–Kier alpha value is -3.58. The van der Waals surface area contributed by atoms with E-state index in [0.717, 1.165) is 31.6 Å². The highest BCUT2D eigenvalue weighted by Crippen LogP contribution is 2.45. The van der Waals surface area contributed by atoms with E-state index in [1.54, 1.807) is 12.3 Å². The minimum Gasteiger partial charge on any atom is -0.359 e. The molecule has 5 rings (SSSR count). The molecule has 33 heavy (non-hydrogen) atoms. The van der Waals surface area contributed by atoms with Crippen LogP contribution in [0.3, 0.4) is 0 Å². The predicted octanol–water partition coefficient (Wildman–Crippen LogP) is 3.63. The topological polar surface area (TPSA) is 95.1 Å². The molecule has 168 valence electrons. The zero-order valence-electron chi connectivity index (χ0n) is 18.8. The summed E-state index contributed by atoms with van der Waals surface area (Å²) in [5.41, 5.74) is 10.5. The number of aromatic amines is 1. The Balaban J connectivity index is 1.32. The number of nitrogens with one attached hydrogen (secondary N) is 3. The Morgan fingerprint density at radius 1 is 1.15 bits per heavy atom. The summed E-state index contributed by atoms with van der Waals surface area (Å²) in [5.74, 6) is 0.353. The monoisotopic (exact) mass is 440 g/mol. The van der Waals surface area contributed by atoms with E-state index in [9.17, 15) is 4.79 Å². The molecule has 3 N–H and O–H groups in total. The quantitative estimate of drug-likeness (QED) is 0.350. The SMILES string of the molecule is Cc1[nH]c(C=C2C(=O)NN=C2c2cccnn2)c(C2CC2)c1CCCNCc1ccccc1. The molecule has 1 aliphatic carbocycles. The number of hydrazone groups is 1. The molecule has 1 fully saturated rings. The van der Waals surface area contributed by atoms with E-state index in [2.05, 4.69) is 62.2 Å². The number of hydrogen-bond donors (Lipinski definition) is 3. The average molecular weight is 441 g/mol. The Kier molecular flexibility index (Phi) is 6.13. The van der Waals surface area contributed by atoms with E-state index < -0.39 is 0 Å². The van der Waals surface area contributed by atoms with Gasteiger partial charge in [0.1, 0.15) is 11.4 Å². The van der Waals surface area contributed by atoms with E-state index in [1.807, 2.05) is 18.2 Å². The third-order valence-electron chi connectivity index (χ3n) is 6.20. The third-order valence-corrected chi connectivity index (χ3v) is 6.20. The molecular formula is C26H28N6O. The second-order valence-corrected chi connectivity index (χ2v) is 8.66. The van der Waals surface area contributed by atoms with Crippen LogP contribution in [0.5, 0.6) is 0 Å². The number of aromatic nitrogens is 3. The van der Waals surface area contributed by atoms with Crippen LogP contribution in [-0.4, -0.2) is 33.3 Å². The van der Waals surface area contributed by atoms with Gasteiger partial charge in [-0.15, -0.1) is 5.10 Å². The first-order valence-corrected chi connectivity index (χ1v) is 11.5. The van der Waals surface area contributed by atoms with Crippen molar-refractivity contribution in [2.75, 3.05) is 6.54 Å². The number of H-pyrrole nitrogens is 1. The molecular weight excluding hydrogens is 412 g/mol. The normalized spacial score (nSPS) is 16.8. The van der Waals surface area contributed by atoms with Crippen LogP contribution in [0.2, 0.25) is 0 Å². The number of nitrogens with zero attached hydrogens (tertiary/aromatic N) is 3. The van der Waals surface area contributed by atoms with Gasteiger partial charge in [-0.25, -0.2) is 5.43 Å². The van der Waals surface area contributed by atoms with Crippen LogP contribution < -0.4 is 10.7 Å². The van der Waals surface area contributed by atoms with Gasteiger partial charge in [-0.1, -0.05) is 30.3 Å². The highest BCUT2D eigenvalue weighted by atomic mass is 16.2. The van der Waals surface area contributed by atoms with Gasteiger partial charge in [0.15, 0.2) is 0 Å². The van der Waals surface area contributed by atoms with Gasteiger partial charge >= 0.3 is 0 Å². The Labute approximate surface area is 193 Å². The van der Waals surface area contributed by atoms with Crippen molar-refractivity contribution in [3.8, 4) is 0 Å². The van der Waals surface area contributed by atoms with Gasteiger partial charge in [0, 0.05) is 24.1 Å². The molecule has 0 unspecified atom stereocenters. The molecule has 0 bridgehead atoms. The predicted molar refractivity (Wildman–Crippen MR) is 129 cm³/mol. The van der Waals surface area contributed by atoms with Gasteiger partial charge in [0.2, 0.25) is 0 Å². The highest BCUT2D eigenvalue weighted by molar-refractivity contribution is 6.32. The van der Waals surface area contributed by atoms with E-state index >= 15 is 0 Å². The molecule has 1 amide bonds. The second-order valence-electron chi connectivity index (χ2n) is 8.66. The first-order valence-electron chi connectivity index (χ1n) is 11.5. The van der Waals surface area contributed by atoms with Crippen molar-refractivity contribution in [3.05, 3.63) is 88.0 Å². The summed E-state index contributed by atoms with van der Waals surface area (Å²) in [6, 6.07) is 14.1. The van der Waals surface area contributed by atoms with Crippen molar-refractivity contribution in [1.82, 2.24) is 25.9 Å². The number of benzene rings is 1.